The zero-order chi connectivity index (χ0) is 5.41. The highest BCUT2D eigenvalue weighted by molar-refractivity contribution is 5.29. The summed E-state index contributed by atoms with van der Waals surface area (Å²) < 4.78 is 0. The predicted molar refractivity (Wildman–Crippen MR) is 21.7 cm³/mol. The Kier molecular flexibility index (Phi) is 62.2. The average molecular weight is 83.1 g/mol. The third-order valence-electron chi connectivity index (χ3n) is 0. The molecule has 2 N–H and O–H groups in total. The second kappa shape index (κ2) is 42.1. The van der Waals surface area contributed by atoms with Crippen LogP contribution in [0.25, 0.3) is 0 Å². The maximum Gasteiger partial charge on any atom is 0.0831 e. The van der Waals surface area contributed by atoms with Crippen LogP contribution in [0.5, 0.6) is 0 Å². The van der Waals surface area contributed by atoms with Crippen molar-refractivity contribution in [2.45, 2.75) is 6.92 Å². The van der Waals surface area contributed by atoms with E-state index < -0.39 is 0 Å². The molecule has 0 bridgehead atoms. The van der Waals surface area contributed by atoms with Crippen molar-refractivity contribution in [2.75, 3.05) is 0 Å². The lowest BCUT2D eigenvalue weighted by Gasteiger charge is -1.15. The van der Waals surface area contributed by atoms with Gasteiger partial charge >= 0.3 is 0 Å². The predicted octanol–water partition coefficient (Wildman–Crippen LogP) is 0.848. The molecule has 0 amide bonds. The number of rotatable bonds is 0. The molecule has 0 saturated carbocycles. The van der Waals surface area contributed by atoms with Crippen LogP contribution in [-0.2, 0) is 0 Å². The lowest BCUT2D eigenvalue weighted by Crippen LogP contribution is -1.11. The van der Waals surface area contributed by atoms with Crippen LogP contribution in [0.1, 0.15) is 6.92 Å². The van der Waals surface area contributed by atoms with Crippen LogP contribution in [0.15, 0.2) is 0 Å². The van der Waals surface area contributed by atoms with Crippen molar-refractivity contribution in [1.29, 1.82) is 16.1 Å². The van der Waals surface area contributed by atoms with Gasteiger partial charge in [0.1, 0.15) is 0 Å². The van der Waals surface area contributed by atoms with Crippen LogP contribution in [0, 0.1) is 22.1 Å². The summed E-state index contributed by atoms with van der Waals surface area (Å²) in [5.41, 5.74) is 0. The summed E-state index contributed by atoms with van der Waals surface area (Å²) in [5, 5.41) is 18.6. The third kappa shape index (κ3) is 7.86. The van der Waals surface area contributed by atoms with Gasteiger partial charge in [-0.15, -0.1) is 0 Å². The first-order valence-corrected chi connectivity index (χ1v) is 1.22. The van der Waals surface area contributed by atoms with Gasteiger partial charge in [-0.2, -0.15) is 5.26 Å². The van der Waals surface area contributed by atoms with E-state index in [-0.39, 0.29) is 0 Å². The summed E-state index contributed by atoms with van der Waals surface area (Å²) in [6.45, 7) is 1.43. The summed E-state index contributed by atoms with van der Waals surface area (Å²) in [6, 6.07) is 3.00. The fourth-order valence-corrected chi connectivity index (χ4v) is 0. The summed E-state index contributed by atoms with van der Waals surface area (Å²) in [5.74, 6) is 0. The fraction of sp³-hybridized carbons (Fsp3) is 0.333. The summed E-state index contributed by atoms with van der Waals surface area (Å²) in [7, 11) is 0. The lowest BCUT2D eigenvalue weighted by molar-refractivity contribution is 1.47. The molecule has 6 heavy (non-hydrogen) atoms. The van der Waals surface area contributed by atoms with Crippen molar-refractivity contribution in [1.82, 2.24) is 0 Å². The van der Waals surface area contributed by atoms with E-state index in [9.17, 15) is 0 Å². The van der Waals surface area contributed by atoms with Crippen molar-refractivity contribution in [2.24, 2.45) is 0 Å². The molecule has 0 saturated heterocycles. The van der Waals surface area contributed by atoms with Gasteiger partial charge < -0.3 is 0 Å². The smallest absolute Gasteiger partial charge is 0.0831 e. The Balaban J connectivity index is 0. The zero-order valence-corrected chi connectivity index (χ0v) is 3.45. The normalized spacial score (nSPS) is 2.67. The number of hydrogen-bond donors (Lipinski definition) is 2. The Hall–Kier alpha value is -1.13. The molecule has 0 aliphatic heterocycles. The van der Waals surface area contributed by atoms with E-state index in [1.807, 2.05) is 0 Å². The van der Waals surface area contributed by atoms with Crippen LogP contribution < -0.4 is 0 Å². The Morgan fingerprint density at radius 3 is 1.50 bits per heavy atom. The Bertz CT molecular complexity index is 72.5. The first-order chi connectivity index (χ1) is 2.83. The van der Waals surface area contributed by atoms with Crippen molar-refractivity contribution >= 4 is 6.01 Å². The molecular formula is C3H5N3. The van der Waals surface area contributed by atoms with E-state index in [4.69, 9.17) is 16.1 Å². The maximum atomic E-state index is 7.32. The van der Waals surface area contributed by atoms with Crippen molar-refractivity contribution < 1.29 is 0 Å². The summed E-state index contributed by atoms with van der Waals surface area (Å²) >= 11 is 0. The molecule has 0 fully saturated rings. The largest absolute Gasteiger partial charge is 0.242 e. The molecule has 0 rings (SSSR count). The Morgan fingerprint density at radius 1 is 1.50 bits per heavy atom. The van der Waals surface area contributed by atoms with Crippen LogP contribution in [0.3, 0.4) is 0 Å². The molecule has 0 spiro atoms. The van der Waals surface area contributed by atoms with Gasteiger partial charge in [-0.1, -0.05) is 0 Å². The molecule has 0 unspecified atom stereocenters. The van der Waals surface area contributed by atoms with E-state index in [0.29, 0.717) is 0 Å². The maximum absolute atomic E-state index is 7.32. The van der Waals surface area contributed by atoms with Crippen molar-refractivity contribution in [3.8, 4) is 6.07 Å². The Morgan fingerprint density at radius 2 is 1.50 bits per heavy atom. The van der Waals surface area contributed by atoms with Gasteiger partial charge in [0.05, 0.1) is 12.1 Å². The minimum atomic E-state index is 1.25. The molecule has 3 nitrogen and oxygen atoms in total. The SMILES string of the molecule is CC#N.N=C=N. The molecule has 0 aromatic carbocycles. The fourth-order valence-electron chi connectivity index (χ4n) is 0. The molecule has 0 aromatic rings. The molecule has 0 aliphatic carbocycles. The Labute approximate surface area is 36.2 Å². The zero-order valence-electron chi connectivity index (χ0n) is 3.45. The quantitative estimate of drug-likeness (QED) is 0.418. The third-order valence-corrected chi connectivity index (χ3v) is 0. The van der Waals surface area contributed by atoms with Gasteiger partial charge in [0.25, 0.3) is 0 Å². The standard InChI is InChI=1S/C2H3N.CH2N2/c1-2-3;2-1-3/h1H3;2-3H. The van der Waals surface area contributed by atoms with Crippen molar-refractivity contribution in [3.63, 3.8) is 0 Å². The van der Waals surface area contributed by atoms with E-state index in [1.165, 1.54) is 12.9 Å². The molecule has 0 aliphatic rings. The van der Waals surface area contributed by atoms with E-state index in [2.05, 4.69) is 0 Å². The first-order valence-electron chi connectivity index (χ1n) is 1.22. The van der Waals surface area contributed by atoms with Crippen LogP contribution in [0.2, 0.25) is 0 Å². The topological polar surface area (TPSA) is 71.5 Å². The minimum absolute atomic E-state index is 1.25. The van der Waals surface area contributed by atoms with Gasteiger partial charge in [0.15, 0.2) is 0 Å². The van der Waals surface area contributed by atoms with Crippen LogP contribution in [-0.4, -0.2) is 6.01 Å². The van der Waals surface area contributed by atoms with E-state index in [1.54, 1.807) is 6.07 Å². The highest BCUT2D eigenvalue weighted by Crippen LogP contribution is 1.21. The molecule has 32 valence electrons. The van der Waals surface area contributed by atoms with E-state index in [0.717, 1.165) is 0 Å². The second-order valence-electron chi connectivity index (χ2n) is 0.349. The summed E-state index contributed by atoms with van der Waals surface area (Å²) in [6.07, 6.45) is 0. The van der Waals surface area contributed by atoms with Gasteiger partial charge in [-0.3, -0.25) is 0 Å². The number of nitriles is 1. The highest BCUT2D eigenvalue weighted by atomic mass is 14.4. The van der Waals surface area contributed by atoms with Gasteiger partial charge in [0.2, 0.25) is 0 Å². The molecule has 0 heterocycles. The second-order valence-corrected chi connectivity index (χ2v) is 0.349. The first kappa shape index (κ1) is 8.85. The van der Waals surface area contributed by atoms with Gasteiger partial charge in [-0.25, -0.2) is 10.8 Å². The van der Waals surface area contributed by atoms with Crippen LogP contribution in [0.4, 0.5) is 0 Å². The monoisotopic (exact) mass is 83.0 g/mol. The number of nitrogens with one attached hydrogen (secondary N) is 2. The molecular weight excluding hydrogens is 78.1 g/mol. The van der Waals surface area contributed by atoms with Crippen LogP contribution >= 0.6 is 0 Å². The van der Waals surface area contributed by atoms with E-state index >= 15 is 0 Å². The van der Waals surface area contributed by atoms with Gasteiger partial charge in [0, 0.05) is 6.92 Å². The number of hydrogen-bond acceptors (Lipinski definition) is 3. The minimum Gasteiger partial charge on any atom is -0.242 e. The number of nitrogens with zero attached hydrogens (tertiary/aromatic N) is 1. The average Bonchev–Trinajstić information content (AvgIpc) is 1.39. The summed E-state index contributed by atoms with van der Waals surface area (Å²) in [4.78, 5) is 0. The molecule has 0 atom stereocenters. The molecule has 3 heteroatoms. The lowest BCUT2D eigenvalue weighted by atomic mass is 11.0. The molecule has 0 radical (unpaired) electrons. The van der Waals surface area contributed by atoms with Crippen molar-refractivity contribution in [3.05, 3.63) is 0 Å². The van der Waals surface area contributed by atoms with Gasteiger partial charge in [-0.05, 0) is 0 Å². The highest BCUT2D eigenvalue weighted by Gasteiger charge is 1.17. The molecule has 0 aromatic heterocycles.